The Morgan fingerprint density at radius 1 is 0.897 bits per heavy atom. The lowest BCUT2D eigenvalue weighted by molar-refractivity contribution is -0.384. The summed E-state index contributed by atoms with van der Waals surface area (Å²) in [4.78, 5) is 10.9. The number of non-ortho nitro benzene ring substituents is 1. The lowest BCUT2D eigenvalue weighted by Crippen LogP contribution is -2.29. The van der Waals surface area contributed by atoms with E-state index >= 15 is 0 Å². The molecular formula is C26H23NO2. The topological polar surface area (TPSA) is 43.1 Å². The van der Waals surface area contributed by atoms with Crippen LogP contribution in [0.5, 0.6) is 0 Å². The van der Waals surface area contributed by atoms with Gasteiger partial charge in [-0.1, -0.05) is 74.5 Å². The van der Waals surface area contributed by atoms with Crippen LogP contribution in [0.15, 0.2) is 72.8 Å². The van der Waals surface area contributed by atoms with Crippen molar-refractivity contribution < 1.29 is 4.92 Å². The Balaban J connectivity index is 1.66. The Labute approximate surface area is 170 Å². The van der Waals surface area contributed by atoms with E-state index in [9.17, 15) is 10.1 Å². The highest BCUT2D eigenvalue weighted by Gasteiger charge is 2.35. The highest BCUT2D eigenvalue weighted by Crippen LogP contribution is 2.47. The molecule has 4 aromatic carbocycles. The number of rotatable bonds is 2. The van der Waals surface area contributed by atoms with E-state index in [4.69, 9.17) is 0 Å². The lowest BCUT2D eigenvalue weighted by atomic mass is 9.65. The van der Waals surface area contributed by atoms with E-state index in [-0.39, 0.29) is 21.9 Å². The van der Waals surface area contributed by atoms with Crippen molar-refractivity contribution in [1.82, 2.24) is 0 Å². The number of hydrogen-bond donors (Lipinski definition) is 0. The van der Waals surface area contributed by atoms with Crippen molar-refractivity contribution in [2.24, 2.45) is 0 Å². The summed E-state index contributed by atoms with van der Waals surface area (Å²) < 4.78 is 0. The fourth-order valence-corrected chi connectivity index (χ4v) is 5.29. The molecule has 5 rings (SSSR count). The first-order valence-electron chi connectivity index (χ1n) is 10.1. The smallest absolute Gasteiger partial charge is 0.258 e. The molecule has 4 aromatic rings. The standard InChI is InChI=1S/C26H23NO2/c1-26(2)16-20(18-7-5-8-21(15-18)27(28)29)14-19-11-12-23-22-9-4-3-6-17(22)10-13-24(23)25(19)26/h3-13,15,20H,14,16H2,1-2H3. The quantitative estimate of drug-likeness (QED) is 0.215. The van der Waals surface area contributed by atoms with Crippen LogP contribution in [0, 0.1) is 10.1 Å². The van der Waals surface area contributed by atoms with Crippen LogP contribution >= 0.6 is 0 Å². The van der Waals surface area contributed by atoms with Crippen LogP contribution in [0.1, 0.15) is 42.9 Å². The molecule has 3 nitrogen and oxygen atoms in total. The highest BCUT2D eigenvalue weighted by molar-refractivity contribution is 6.09. The monoisotopic (exact) mass is 381 g/mol. The van der Waals surface area contributed by atoms with Gasteiger partial charge in [0.15, 0.2) is 0 Å². The summed E-state index contributed by atoms with van der Waals surface area (Å²) in [6.07, 6.45) is 1.90. The molecule has 1 aliphatic rings. The van der Waals surface area contributed by atoms with Crippen LogP contribution in [0.3, 0.4) is 0 Å². The molecule has 0 saturated heterocycles. The minimum Gasteiger partial charge on any atom is -0.258 e. The number of nitro groups is 1. The Hall–Kier alpha value is -3.20. The number of benzene rings is 4. The summed E-state index contributed by atoms with van der Waals surface area (Å²) in [5, 5.41) is 16.4. The van der Waals surface area contributed by atoms with Crippen molar-refractivity contribution >= 4 is 27.2 Å². The highest BCUT2D eigenvalue weighted by atomic mass is 16.6. The molecule has 29 heavy (non-hydrogen) atoms. The second-order valence-corrected chi connectivity index (χ2v) is 8.82. The zero-order valence-electron chi connectivity index (χ0n) is 16.7. The van der Waals surface area contributed by atoms with Gasteiger partial charge in [0.25, 0.3) is 5.69 Å². The van der Waals surface area contributed by atoms with Gasteiger partial charge in [0, 0.05) is 12.1 Å². The van der Waals surface area contributed by atoms with Crippen LogP contribution < -0.4 is 0 Å². The Kier molecular flexibility index (Phi) is 3.95. The summed E-state index contributed by atoms with van der Waals surface area (Å²) in [6, 6.07) is 24.7. The Bertz CT molecular complexity index is 1270. The summed E-state index contributed by atoms with van der Waals surface area (Å²) in [6.45, 7) is 4.62. The van der Waals surface area contributed by atoms with E-state index in [2.05, 4.69) is 62.4 Å². The van der Waals surface area contributed by atoms with Crippen LogP contribution in [0.4, 0.5) is 5.69 Å². The van der Waals surface area contributed by atoms with Crippen molar-refractivity contribution in [3.63, 3.8) is 0 Å². The molecule has 0 spiro atoms. The maximum atomic E-state index is 11.2. The van der Waals surface area contributed by atoms with Crippen molar-refractivity contribution in [1.29, 1.82) is 0 Å². The molecule has 1 atom stereocenters. The largest absolute Gasteiger partial charge is 0.269 e. The minimum absolute atomic E-state index is 0.00909. The summed E-state index contributed by atoms with van der Waals surface area (Å²) in [5.74, 6) is 0.287. The molecule has 0 aromatic heterocycles. The van der Waals surface area contributed by atoms with E-state index in [0.717, 1.165) is 18.4 Å². The average Bonchev–Trinajstić information content (AvgIpc) is 2.72. The van der Waals surface area contributed by atoms with Gasteiger partial charge in [-0.05, 0) is 62.4 Å². The first-order chi connectivity index (χ1) is 13.9. The maximum absolute atomic E-state index is 11.2. The maximum Gasteiger partial charge on any atom is 0.269 e. The fraction of sp³-hybridized carbons (Fsp3) is 0.231. The van der Waals surface area contributed by atoms with Gasteiger partial charge in [-0.3, -0.25) is 10.1 Å². The van der Waals surface area contributed by atoms with Gasteiger partial charge in [0.05, 0.1) is 4.92 Å². The summed E-state index contributed by atoms with van der Waals surface area (Å²) in [5.41, 5.74) is 4.03. The van der Waals surface area contributed by atoms with Gasteiger partial charge in [-0.2, -0.15) is 0 Å². The fourth-order valence-electron chi connectivity index (χ4n) is 5.29. The van der Waals surface area contributed by atoms with Gasteiger partial charge >= 0.3 is 0 Å². The van der Waals surface area contributed by atoms with Crippen LogP contribution in [0.2, 0.25) is 0 Å². The van der Waals surface area contributed by atoms with Gasteiger partial charge in [-0.25, -0.2) is 0 Å². The van der Waals surface area contributed by atoms with Crippen molar-refractivity contribution in [2.45, 2.75) is 38.0 Å². The predicted molar refractivity (Wildman–Crippen MR) is 119 cm³/mol. The van der Waals surface area contributed by atoms with Crippen molar-refractivity contribution in [3.8, 4) is 0 Å². The van der Waals surface area contributed by atoms with E-state index in [1.54, 1.807) is 12.1 Å². The molecule has 0 bridgehead atoms. The zero-order valence-corrected chi connectivity index (χ0v) is 16.7. The first kappa shape index (κ1) is 17.9. The molecule has 0 N–H and O–H groups in total. The summed E-state index contributed by atoms with van der Waals surface area (Å²) >= 11 is 0. The number of hydrogen-bond acceptors (Lipinski definition) is 2. The molecule has 0 aliphatic heterocycles. The molecule has 1 aliphatic carbocycles. The third-order valence-corrected chi connectivity index (χ3v) is 6.46. The van der Waals surface area contributed by atoms with Gasteiger partial charge in [0.1, 0.15) is 0 Å². The second kappa shape index (κ2) is 6.41. The van der Waals surface area contributed by atoms with Crippen LogP contribution in [0.25, 0.3) is 21.5 Å². The zero-order chi connectivity index (χ0) is 20.2. The van der Waals surface area contributed by atoms with E-state index < -0.39 is 0 Å². The molecule has 0 amide bonds. The normalized spacial score (nSPS) is 17.9. The molecular weight excluding hydrogens is 358 g/mol. The summed E-state index contributed by atoms with van der Waals surface area (Å²) in [7, 11) is 0. The Morgan fingerprint density at radius 3 is 2.52 bits per heavy atom. The number of fused-ring (bicyclic) bond motifs is 5. The van der Waals surface area contributed by atoms with E-state index in [1.807, 2.05) is 12.1 Å². The average molecular weight is 381 g/mol. The number of nitro benzene ring substituents is 1. The SMILES string of the molecule is CC1(C)CC(c2cccc([N+](=O)[O-])c2)Cc2ccc3c(ccc4ccccc43)c21. The lowest BCUT2D eigenvalue weighted by Gasteiger charge is -2.39. The molecule has 0 radical (unpaired) electrons. The molecule has 1 unspecified atom stereocenters. The third-order valence-electron chi connectivity index (χ3n) is 6.46. The number of nitrogens with zero attached hydrogens (tertiary/aromatic N) is 1. The van der Waals surface area contributed by atoms with Gasteiger partial charge in [0.2, 0.25) is 0 Å². The third kappa shape index (κ3) is 2.89. The van der Waals surface area contributed by atoms with Crippen LogP contribution in [-0.2, 0) is 11.8 Å². The van der Waals surface area contributed by atoms with Gasteiger partial charge < -0.3 is 0 Å². The predicted octanol–water partition coefficient (Wildman–Crippen LogP) is 6.91. The van der Waals surface area contributed by atoms with Crippen molar-refractivity contribution in [3.05, 3.63) is 99.6 Å². The van der Waals surface area contributed by atoms with E-state index in [1.165, 1.54) is 32.7 Å². The Morgan fingerprint density at radius 2 is 1.69 bits per heavy atom. The first-order valence-corrected chi connectivity index (χ1v) is 10.1. The van der Waals surface area contributed by atoms with Gasteiger partial charge in [-0.15, -0.1) is 0 Å². The molecule has 144 valence electrons. The van der Waals surface area contributed by atoms with Crippen molar-refractivity contribution in [2.75, 3.05) is 0 Å². The van der Waals surface area contributed by atoms with Crippen LogP contribution in [-0.4, -0.2) is 4.92 Å². The minimum atomic E-state index is -0.302. The van der Waals surface area contributed by atoms with E-state index in [0.29, 0.717) is 0 Å². The molecule has 0 saturated carbocycles. The second-order valence-electron chi connectivity index (χ2n) is 8.82. The molecule has 0 fully saturated rings. The molecule has 3 heteroatoms. The molecule has 0 heterocycles.